The molecule has 0 saturated carbocycles. The van der Waals surface area contributed by atoms with Crippen LogP contribution in [0.4, 0.5) is 0 Å². The average molecular weight is 268 g/mol. The largest absolute Gasteiger partial charge is 0.461 e. The van der Waals surface area contributed by atoms with Gasteiger partial charge in [-0.2, -0.15) is 5.26 Å². The number of hydrogen-bond acceptors (Lipinski definition) is 3. The maximum absolute atomic E-state index is 12.0. The fourth-order valence-electron chi connectivity index (χ4n) is 2.21. The molecule has 0 spiro atoms. The number of rotatable bonds is 4. The highest BCUT2D eigenvalue weighted by atomic mass is 16.5. The van der Waals surface area contributed by atoms with Gasteiger partial charge in [0.2, 0.25) is 0 Å². The summed E-state index contributed by atoms with van der Waals surface area (Å²) in [5.74, 6) is -0.406. The Hall–Kier alpha value is -2.54. The van der Waals surface area contributed by atoms with Crippen LogP contribution >= 0.6 is 0 Å². The van der Waals surface area contributed by atoms with Crippen LogP contribution in [0, 0.1) is 11.3 Å². The molecule has 0 unspecified atom stereocenters. The van der Waals surface area contributed by atoms with Crippen molar-refractivity contribution in [3.8, 4) is 6.07 Å². The molecule has 1 aromatic carbocycles. The summed E-state index contributed by atoms with van der Waals surface area (Å²) < 4.78 is 6.76. The summed E-state index contributed by atoms with van der Waals surface area (Å²) in [6.07, 6.45) is 0. The second-order valence-corrected chi connectivity index (χ2v) is 4.39. The summed E-state index contributed by atoms with van der Waals surface area (Å²) in [6, 6.07) is 15.0. The monoisotopic (exact) mass is 268 g/mol. The number of hydrogen-bond donors (Lipinski definition) is 0. The highest BCUT2D eigenvalue weighted by Gasteiger charge is 2.20. The van der Waals surface area contributed by atoms with Gasteiger partial charge in [-0.15, -0.1) is 0 Å². The standard InChI is InChI=1S/C16H16N2O2/c1-3-20-16(19)15-10-9-14(11-17)18(15)12(2)13-7-5-4-6-8-13/h4-10,12H,3H2,1-2H3/t12-/m1/s1. The first kappa shape index (κ1) is 13.9. The fraction of sp³-hybridized carbons (Fsp3) is 0.250. The quantitative estimate of drug-likeness (QED) is 0.800. The zero-order chi connectivity index (χ0) is 14.5. The van der Waals surface area contributed by atoms with Crippen molar-refractivity contribution in [2.45, 2.75) is 19.9 Å². The summed E-state index contributed by atoms with van der Waals surface area (Å²) in [7, 11) is 0. The Balaban J connectivity index is 2.47. The van der Waals surface area contributed by atoms with Crippen LogP contribution in [0.5, 0.6) is 0 Å². The SMILES string of the molecule is CCOC(=O)c1ccc(C#N)n1[C@H](C)c1ccccc1. The van der Waals surface area contributed by atoms with Crippen LogP contribution in [-0.2, 0) is 4.74 Å². The molecule has 2 aromatic rings. The molecule has 0 aliphatic carbocycles. The molecule has 1 heterocycles. The normalized spacial score (nSPS) is 11.7. The van der Waals surface area contributed by atoms with Crippen LogP contribution in [0.15, 0.2) is 42.5 Å². The van der Waals surface area contributed by atoms with Crippen LogP contribution in [0.25, 0.3) is 0 Å². The molecular formula is C16H16N2O2. The number of nitrogens with zero attached hydrogens (tertiary/aromatic N) is 2. The molecule has 102 valence electrons. The Bertz CT molecular complexity index is 638. The predicted octanol–water partition coefficient (Wildman–Crippen LogP) is 3.15. The minimum absolute atomic E-state index is 0.111. The number of ether oxygens (including phenoxy) is 1. The molecule has 1 atom stereocenters. The van der Waals surface area contributed by atoms with E-state index in [1.807, 2.05) is 37.3 Å². The van der Waals surface area contributed by atoms with Crippen LogP contribution in [-0.4, -0.2) is 17.1 Å². The molecule has 20 heavy (non-hydrogen) atoms. The second-order valence-electron chi connectivity index (χ2n) is 4.39. The smallest absolute Gasteiger partial charge is 0.354 e. The molecule has 0 N–H and O–H groups in total. The van der Waals surface area contributed by atoms with E-state index in [-0.39, 0.29) is 6.04 Å². The van der Waals surface area contributed by atoms with E-state index in [1.54, 1.807) is 23.6 Å². The molecule has 0 fully saturated rings. The molecule has 0 radical (unpaired) electrons. The summed E-state index contributed by atoms with van der Waals surface area (Å²) in [6.45, 7) is 4.03. The van der Waals surface area contributed by atoms with Crippen molar-refractivity contribution in [1.29, 1.82) is 5.26 Å². The third-order valence-corrected chi connectivity index (χ3v) is 3.19. The van der Waals surface area contributed by atoms with Gasteiger partial charge in [-0.3, -0.25) is 0 Å². The molecule has 2 rings (SSSR count). The van der Waals surface area contributed by atoms with Crippen LogP contribution < -0.4 is 0 Å². The number of benzene rings is 1. The molecule has 1 aromatic heterocycles. The van der Waals surface area contributed by atoms with Crippen molar-refractivity contribution in [2.75, 3.05) is 6.61 Å². The summed E-state index contributed by atoms with van der Waals surface area (Å²) >= 11 is 0. The highest BCUT2D eigenvalue weighted by Crippen LogP contribution is 2.23. The van der Waals surface area contributed by atoms with E-state index in [0.717, 1.165) is 5.56 Å². The number of carbonyl (C=O) groups excluding carboxylic acids is 1. The number of carbonyl (C=O) groups is 1. The first-order valence-electron chi connectivity index (χ1n) is 6.52. The molecule has 0 aliphatic rings. The minimum atomic E-state index is -0.406. The molecule has 0 saturated heterocycles. The van der Waals surface area contributed by atoms with Crippen LogP contribution in [0.1, 0.15) is 41.6 Å². The van der Waals surface area contributed by atoms with Crippen LogP contribution in [0.2, 0.25) is 0 Å². The lowest BCUT2D eigenvalue weighted by Crippen LogP contribution is -2.17. The van der Waals surface area contributed by atoms with Crippen molar-refractivity contribution in [3.05, 3.63) is 59.4 Å². The van der Waals surface area contributed by atoms with Crippen molar-refractivity contribution in [2.24, 2.45) is 0 Å². The van der Waals surface area contributed by atoms with Crippen LogP contribution in [0.3, 0.4) is 0 Å². The molecule has 4 heteroatoms. The average Bonchev–Trinajstić information content (AvgIpc) is 2.91. The summed E-state index contributed by atoms with van der Waals surface area (Å²) in [4.78, 5) is 12.0. The molecule has 0 bridgehead atoms. The Labute approximate surface area is 118 Å². The van der Waals surface area contributed by atoms with Crippen molar-refractivity contribution < 1.29 is 9.53 Å². The Morgan fingerprint density at radius 1 is 1.30 bits per heavy atom. The minimum Gasteiger partial charge on any atom is -0.461 e. The van der Waals surface area contributed by atoms with Gasteiger partial charge in [-0.25, -0.2) is 4.79 Å². The Kier molecular flexibility index (Phi) is 4.21. The predicted molar refractivity (Wildman–Crippen MR) is 75.4 cm³/mol. The zero-order valence-electron chi connectivity index (χ0n) is 11.5. The topological polar surface area (TPSA) is 55.0 Å². The molecule has 4 nitrogen and oxygen atoms in total. The Morgan fingerprint density at radius 2 is 2.00 bits per heavy atom. The van der Waals surface area contributed by atoms with E-state index in [0.29, 0.717) is 18.0 Å². The molecule has 0 aliphatic heterocycles. The van der Waals surface area contributed by atoms with E-state index >= 15 is 0 Å². The van der Waals surface area contributed by atoms with Gasteiger partial charge in [0.25, 0.3) is 0 Å². The van der Waals surface area contributed by atoms with E-state index in [4.69, 9.17) is 4.74 Å². The van der Waals surface area contributed by atoms with Crippen molar-refractivity contribution in [3.63, 3.8) is 0 Å². The highest BCUT2D eigenvalue weighted by molar-refractivity contribution is 5.88. The maximum Gasteiger partial charge on any atom is 0.354 e. The zero-order valence-corrected chi connectivity index (χ0v) is 11.5. The van der Waals surface area contributed by atoms with Gasteiger partial charge in [-0.1, -0.05) is 30.3 Å². The van der Waals surface area contributed by atoms with E-state index < -0.39 is 5.97 Å². The van der Waals surface area contributed by atoms with Gasteiger partial charge in [0.1, 0.15) is 17.5 Å². The molecule has 0 amide bonds. The van der Waals surface area contributed by atoms with Crippen molar-refractivity contribution in [1.82, 2.24) is 4.57 Å². The lowest BCUT2D eigenvalue weighted by atomic mass is 10.1. The van der Waals surface area contributed by atoms with Gasteiger partial charge in [0.05, 0.1) is 12.6 Å². The molecular weight excluding hydrogens is 252 g/mol. The van der Waals surface area contributed by atoms with Gasteiger partial charge >= 0.3 is 5.97 Å². The number of aromatic nitrogens is 1. The number of nitriles is 1. The number of esters is 1. The van der Waals surface area contributed by atoms with Crippen molar-refractivity contribution >= 4 is 5.97 Å². The first-order valence-corrected chi connectivity index (χ1v) is 6.52. The lowest BCUT2D eigenvalue weighted by molar-refractivity contribution is 0.0512. The maximum atomic E-state index is 12.0. The third-order valence-electron chi connectivity index (χ3n) is 3.19. The van der Waals surface area contributed by atoms with Gasteiger partial charge < -0.3 is 9.30 Å². The van der Waals surface area contributed by atoms with E-state index in [2.05, 4.69) is 6.07 Å². The fourth-order valence-corrected chi connectivity index (χ4v) is 2.21. The Morgan fingerprint density at radius 3 is 2.60 bits per heavy atom. The summed E-state index contributed by atoms with van der Waals surface area (Å²) in [5, 5.41) is 9.22. The third kappa shape index (κ3) is 2.57. The lowest BCUT2D eigenvalue weighted by Gasteiger charge is -2.18. The van der Waals surface area contributed by atoms with Gasteiger partial charge in [0, 0.05) is 0 Å². The van der Waals surface area contributed by atoms with Gasteiger partial charge in [0.15, 0.2) is 0 Å². The first-order chi connectivity index (χ1) is 9.69. The van der Waals surface area contributed by atoms with E-state index in [1.165, 1.54) is 0 Å². The van der Waals surface area contributed by atoms with E-state index in [9.17, 15) is 10.1 Å². The van der Waals surface area contributed by atoms with Gasteiger partial charge in [-0.05, 0) is 31.5 Å². The second kappa shape index (κ2) is 6.07. The summed E-state index contributed by atoms with van der Waals surface area (Å²) in [5.41, 5.74) is 1.88.